The number of carbonyl (C=O) groups excluding carboxylic acids is 1. The Morgan fingerprint density at radius 3 is 2.81 bits per heavy atom. The molecule has 5 heteroatoms. The molecular formula is C16H21N3O2. The van der Waals surface area contributed by atoms with Gasteiger partial charge in [-0.3, -0.25) is 4.79 Å². The number of amides is 1. The van der Waals surface area contributed by atoms with Crippen molar-refractivity contribution in [3.8, 4) is 11.8 Å². The molecule has 2 rings (SSSR count). The lowest BCUT2D eigenvalue weighted by Crippen LogP contribution is -2.55. The first kappa shape index (κ1) is 15.3. The fraction of sp³-hybridized carbons (Fsp3) is 0.500. The van der Waals surface area contributed by atoms with Crippen LogP contribution in [0.25, 0.3) is 0 Å². The van der Waals surface area contributed by atoms with Gasteiger partial charge in [0.25, 0.3) is 5.91 Å². The van der Waals surface area contributed by atoms with Crippen LogP contribution < -0.4 is 4.74 Å². The molecule has 112 valence electrons. The topological polar surface area (TPSA) is 56.6 Å². The normalized spacial score (nSPS) is 20.7. The number of piperazine rings is 1. The van der Waals surface area contributed by atoms with Gasteiger partial charge in [0.05, 0.1) is 5.56 Å². The molecule has 0 N–H and O–H groups in total. The number of nitrogens with zero attached hydrogens (tertiary/aromatic N) is 3. The molecule has 1 aliphatic heterocycles. The fourth-order valence-electron chi connectivity index (χ4n) is 2.60. The van der Waals surface area contributed by atoms with E-state index < -0.39 is 6.10 Å². The molecular weight excluding hydrogens is 266 g/mol. The third-order valence-electron chi connectivity index (χ3n) is 3.77. The quantitative estimate of drug-likeness (QED) is 0.845. The van der Waals surface area contributed by atoms with E-state index in [1.807, 2.05) is 11.8 Å². The molecule has 1 aliphatic rings. The van der Waals surface area contributed by atoms with Crippen LogP contribution in [0.1, 0.15) is 19.4 Å². The minimum atomic E-state index is -0.592. The Morgan fingerprint density at radius 2 is 2.14 bits per heavy atom. The smallest absolute Gasteiger partial charge is 0.263 e. The molecule has 1 saturated heterocycles. The fourth-order valence-corrected chi connectivity index (χ4v) is 2.60. The molecule has 0 radical (unpaired) electrons. The van der Waals surface area contributed by atoms with Gasteiger partial charge in [0, 0.05) is 25.7 Å². The standard InChI is InChI=1S/C16H21N3O2/c1-12-11-18(3)8-9-19(12)16(20)13(2)21-15-7-5-4-6-14(15)10-17/h4-7,12-13H,8-9,11H2,1-3H3/t12-,13+/m1/s1. The van der Waals surface area contributed by atoms with Crippen molar-refractivity contribution in [2.75, 3.05) is 26.7 Å². The van der Waals surface area contributed by atoms with E-state index in [0.29, 0.717) is 17.9 Å². The third-order valence-corrected chi connectivity index (χ3v) is 3.77. The number of likely N-dealkylation sites (N-methyl/N-ethyl adjacent to an activating group) is 1. The zero-order valence-electron chi connectivity index (χ0n) is 12.7. The monoisotopic (exact) mass is 287 g/mol. The second-order valence-electron chi connectivity index (χ2n) is 5.51. The van der Waals surface area contributed by atoms with Gasteiger partial charge in [0.1, 0.15) is 11.8 Å². The van der Waals surface area contributed by atoms with E-state index in [1.165, 1.54) is 0 Å². The highest BCUT2D eigenvalue weighted by Gasteiger charge is 2.30. The Bertz CT molecular complexity index is 553. The van der Waals surface area contributed by atoms with Crippen molar-refractivity contribution in [2.24, 2.45) is 0 Å². The van der Waals surface area contributed by atoms with Crippen LogP contribution >= 0.6 is 0 Å². The van der Waals surface area contributed by atoms with E-state index in [0.717, 1.165) is 13.1 Å². The summed E-state index contributed by atoms with van der Waals surface area (Å²) in [5.41, 5.74) is 0.448. The van der Waals surface area contributed by atoms with Gasteiger partial charge in [-0.05, 0) is 33.0 Å². The van der Waals surface area contributed by atoms with Crippen LogP contribution in [0.5, 0.6) is 5.75 Å². The van der Waals surface area contributed by atoms with Crippen LogP contribution in [-0.4, -0.2) is 54.5 Å². The van der Waals surface area contributed by atoms with Crippen LogP contribution in [-0.2, 0) is 4.79 Å². The second kappa shape index (κ2) is 6.59. The lowest BCUT2D eigenvalue weighted by molar-refractivity contribution is -0.142. The van der Waals surface area contributed by atoms with Crippen LogP contribution in [0.3, 0.4) is 0 Å². The van der Waals surface area contributed by atoms with Crippen molar-refractivity contribution in [1.29, 1.82) is 5.26 Å². The predicted octanol–water partition coefficient (Wildman–Crippen LogP) is 1.49. The molecule has 1 heterocycles. The molecule has 5 nitrogen and oxygen atoms in total. The average molecular weight is 287 g/mol. The summed E-state index contributed by atoms with van der Waals surface area (Å²) in [6.45, 7) is 6.24. The Morgan fingerprint density at radius 1 is 1.43 bits per heavy atom. The van der Waals surface area contributed by atoms with Crippen molar-refractivity contribution < 1.29 is 9.53 Å². The maximum absolute atomic E-state index is 12.5. The van der Waals surface area contributed by atoms with E-state index in [9.17, 15) is 4.79 Å². The van der Waals surface area contributed by atoms with Gasteiger partial charge in [-0.2, -0.15) is 5.26 Å². The molecule has 0 aromatic heterocycles. The van der Waals surface area contributed by atoms with Gasteiger partial charge in [0.2, 0.25) is 0 Å². The van der Waals surface area contributed by atoms with Crippen LogP contribution in [0.2, 0.25) is 0 Å². The number of ether oxygens (including phenoxy) is 1. The summed E-state index contributed by atoms with van der Waals surface area (Å²) in [5, 5.41) is 9.06. The highest BCUT2D eigenvalue weighted by molar-refractivity contribution is 5.81. The number of hydrogen-bond donors (Lipinski definition) is 0. The molecule has 0 saturated carbocycles. The van der Waals surface area contributed by atoms with Crippen LogP contribution in [0.15, 0.2) is 24.3 Å². The Kier molecular flexibility index (Phi) is 4.81. The molecule has 21 heavy (non-hydrogen) atoms. The highest BCUT2D eigenvalue weighted by atomic mass is 16.5. The highest BCUT2D eigenvalue weighted by Crippen LogP contribution is 2.19. The van der Waals surface area contributed by atoms with Gasteiger partial charge in [-0.25, -0.2) is 0 Å². The largest absolute Gasteiger partial charge is 0.480 e. The molecule has 2 atom stereocenters. The van der Waals surface area contributed by atoms with E-state index >= 15 is 0 Å². The first-order chi connectivity index (χ1) is 10.0. The number of benzene rings is 1. The first-order valence-electron chi connectivity index (χ1n) is 7.17. The van der Waals surface area contributed by atoms with Gasteiger partial charge in [-0.15, -0.1) is 0 Å². The average Bonchev–Trinajstić information content (AvgIpc) is 2.47. The summed E-state index contributed by atoms with van der Waals surface area (Å²) in [7, 11) is 2.06. The first-order valence-corrected chi connectivity index (χ1v) is 7.17. The molecule has 1 aromatic rings. The summed E-state index contributed by atoms with van der Waals surface area (Å²) in [6.07, 6.45) is -0.592. The van der Waals surface area contributed by atoms with Gasteiger partial charge < -0.3 is 14.5 Å². The summed E-state index contributed by atoms with van der Waals surface area (Å²) >= 11 is 0. The lowest BCUT2D eigenvalue weighted by Gasteiger charge is -2.39. The number of carbonyl (C=O) groups is 1. The third kappa shape index (κ3) is 3.53. The Balaban J connectivity index is 2.04. The van der Waals surface area contributed by atoms with Gasteiger partial charge >= 0.3 is 0 Å². The lowest BCUT2D eigenvalue weighted by atomic mass is 10.1. The number of nitriles is 1. The van der Waals surface area contributed by atoms with Crippen molar-refractivity contribution in [1.82, 2.24) is 9.80 Å². The molecule has 0 bridgehead atoms. The molecule has 0 aliphatic carbocycles. The SMILES string of the molecule is C[C@H](Oc1ccccc1C#N)C(=O)N1CCN(C)C[C@H]1C. The van der Waals surface area contributed by atoms with Crippen molar-refractivity contribution >= 4 is 5.91 Å². The van der Waals surface area contributed by atoms with E-state index in [-0.39, 0.29) is 11.9 Å². The number of para-hydroxylation sites is 1. The van der Waals surface area contributed by atoms with E-state index in [4.69, 9.17) is 10.00 Å². The Hall–Kier alpha value is -2.06. The second-order valence-corrected chi connectivity index (χ2v) is 5.51. The van der Waals surface area contributed by atoms with Gasteiger partial charge in [0.15, 0.2) is 6.10 Å². The van der Waals surface area contributed by atoms with Crippen molar-refractivity contribution in [2.45, 2.75) is 26.0 Å². The molecule has 0 unspecified atom stereocenters. The van der Waals surface area contributed by atoms with Crippen molar-refractivity contribution in [3.05, 3.63) is 29.8 Å². The number of hydrogen-bond acceptors (Lipinski definition) is 4. The van der Waals surface area contributed by atoms with Crippen LogP contribution in [0.4, 0.5) is 0 Å². The van der Waals surface area contributed by atoms with Crippen LogP contribution in [0, 0.1) is 11.3 Å². The summed E-state index contributed by atoms with van der Waals surface area (Å²) in [4.78, 5) is 16.6. The maximum Gasteiger partial charge on any atom is 0.263 e. The summed E-state index contributed by atoms with van der Waals surface area (Å²) in [6, 6.07) is 9.23. The molecule has 1 fully saturated rings. The van der Waals surface area contributed by atoms with E-state index in [2.05, 4.69) is 18.0 Å². The van der Waals surface area contributed by atoms with Gasteiger partial charge in [-0.1, -0.05) is 12.1 Å². The van der Waals surface area contributed by atoms with E-state index in [1.54, 1.807) is 31.2 Å². The summed E-state index contributed by atoms with van der Waals surface area (Å²) in [5.74, 6) is 0.436. The molecule has 0 spiro atoms. The Labute approximate surface area is 125 Å². The summed E-state index contributed by atoms with van der Waals surface area (Å²) < 4.78 is 5.70. The zero-order chi connectivity index (χ0) is 15.4. The molecule has 1 amide bonds. The van der Waals surface area contributed by atoms with Crippen molar-refractivity contribution in [3.63, 3.8) is 0 Å². The zero-order valence-corrected chi connectivity index (χ0v) is 12.7. The number of rotatable bonds is 3. The maximum atomic E-state index is 12.5. The minimum absolute atomic E-state index is 0.0247. The minimum Gasteiger partial charge on any atom is -0.480 e. The predicted molar refractivity (Wildman–Crippen MR) is 79.9 cm³/mol. The molecule has 1 aromatic carbocycles.